The van der Waals surface area contributed by atoms with Crippen LogP contribution in [0, 0.1) is 19.7 Å². The minimum atomic E-state index is -1.36. The van der Waals surface area contributed by atoms with E-state index >= 15 is 0 Å². The molecule has 1 saturated heterocycles. The van der Waals surface area contributed by atoms with Gasteiger partial charge < -0.3 is 14.2 Å². The second-order valence-electron chi connectivity index (χ2n) is 10.1. The van der Waals surface area contributed by atoms with E-state index in [1.807, 2.05) is 43.3 Å². The largest absolute Gasteiger partial charge is 0.459 e. The Morgan fingerprint density at radius 3 is 2.29 bits per heavy atom. The lowest BCUT2D eigenvalue weighted by molar-refractivity contribution is -0.0710. The number of aryl methyl sites for hydroxylation is 2. The lowest BCUT2D eigenvalue weighted by Crippen LogP contribution is -2.46. The number of nitrogens with zero attached hydrogens (tertiary/aromatic N) is 2. The average Bonchev–Trinajstić information content (AvgIpc) is 3.40. The lowest BCUT2D eigenvalue weighted by Gasteiger charge is -2.19. The third-order valence-electron chi connectivity index (χ3n) is 6.97. The highest BCUT2D eigenvalue weighted by Crippen LogP contribution is 2.31. The summed E-state index contributed by atoms with van der Waals surface area (Å²) in [4.78, 5) is 51.9. The van der Waals surface area contributed by atoms with Gasteiger partial charge in [-0.1, -0.05) is 65.7 Å². The third kappa shape index (κ3) is 6.29. The Balaban J connectivity index is 1.42. The number of hydrogen-bond acceptors (Lipinski definition) is 7. The molecule has 0 amide bonds. The molecule has 0 aliphatic carbocycles. The summed E-state index contributed by atoms with van der Waals surface area (Å²) in [5, 5.41) is 0. The summed E-state index contributed by atoms with van der Waals surface area (Å²) >= 11 is 0. The molecule has 0 saturated carbocycles. The molecule has 1 aromatic heterocycles. The van der Waals surface area contributed by atoms with Crippen molar-refractivity contribution >= 4 is 11.9 Å². The van der Waals surface area contributed by atoms with E-state index in [0.717, 1.165) is 27.5 Å². The van der Waals surface area contributed by atoms with Crippen LogP contribution in [0.3, 0.4) is 0 Å². The first kappa shape index (κ1) is 28.8. The van der Waals surface area contributed by atoms with Gasteiger partial charge in [-0.15, -0.1) is 0 Å². The summed E-state index contributed by atoms with van der Waals surface area (Å²) in [6, 6.07) is 22.6. The van der Waals surface area contributed by atoms with Gasteiger partial charge in [-0.05, 0) is 43.7 Å². The van der Waals surface area contributed by atoms with E-state index in [1.165, 1.54) is 12.1 Å². The van der Waals surface area contributed by atoms with Gasteiger partial charge in [0.15, 0.2) is 0 Å². The molecule has 1 aliphatic heterocycles. The molecule has 5 rings (SSSR count). The summed E-state index contributed by atoms with van der Waals surface area (Å²) in [5.41, 5.74) is 0.513. The number of aromatic nitrogens is 2. The Kier molecular flexibility index (Phi) is 8.56. The van der Waals surface area contributed by atoms with Gasteiger partial charge in [0.05, 0.1) is 24.5 Å². The smallest absolute Gasteiger partial charge is 0.340 e. The normalized spacial score (nSPS) is 18.1. The van der Waals surface area contributed by atoms with E-state index in [2.05, 4.69) is 0 Å². The second-order valence-corrected chi connectivity index (χ2v) is 10.1. The number of benzene rings is 3. The van der Waals surface area contributed by atoms with E-state index in [-0.39, 0.29) is 29.8 Å². The Labute approximate surface area is 240 Å². The summed E-state index contributed by atoms with van der Waals surface area (Å²) in [6.45, 7) is 3.60. The van der Waals surface area contributed by atoms with Gasteiger partial charge in [-0.3, -0.25) is 14.2 Å². The predicted octanol–water partition coefficient (Wildman–Crippen LogP) is 4.18. The number of hydrogen-bond donors (Lipinski definition) is 0. The van der Waals surface area contributed by atoms with Crippen molar-refractivity contribution in [2.75, 3.05) is 6.61 Å². The average molecular weight is 573 g/mol. The number of carbonyl (C=O) groups is 2. The van der Waals surface area contributed by atoms with Crippen molar-refractivity contribution in [2.45, 2.75) is 45.3 Å². The minimum Gasteiger partial charge on any atom is -0.459 e. The summed E-state index contributed by atoms with van der Waals surface area (Å²) < 4.78 is 33.7. The fourth-order valence-electron chi connectivity index (χ4n) is 4.82. The summed E-state index contributed by atoms with van der Waals surface area (Å²) in [6.07, 6.45) is -1.80. The van der Waals surface area contributed by atoms with Crippen molar-refractivity contribution in [1.82, 2.24) is 9.13 Å². The molecule has 1 aliphatic rings. The maximum Gasteiger partial charge on any atom is 0.340 e. The van der Waals surface area contributed by atoms with Crippen LogP contribution in [-0.4, -0.2) is 39.8 Å². The maximum absolute atomic E-state index is 14.9. The number of ether oxygens (including phenoxy) is 3. The zero-order valence-electron chi connectivity index (χ0n) is 23.1. The molecule has 0 spiro atoms. The van der Waals surface area contributed by atoms with Crippen LogP contribution in [0.1, 0.15) is 50.1 Å². The molecule has 0 unspecified atom stereocenters. The topological polar surface area (TPSA) is 106 Å². The van der Waals surface area contributed by atoms with Crippen LogP contribution in [0.15, 0.2) is 94.6 Å². The minimum absolute atomic E-state index is 0.0590. The van der Waals surface area contributed by atoms with E-state index in [1.54, 1.807) is 37.3 Å². The Bertz CT molecular complexity index is 1730. The maximum atomic E-state index is 14.9. The molecule has 3 aromatic carbocycles. The molecule has 0 radical (unpaired) electrons. The molecule has 2 heterocycles. The fourth-order valence-corrected chi connectivity index (χ4v) is 4.82. The quantitative estimate of drug-likeness (QED) is 0.292. The molecule has 0 bridgehead atoms. The van der Waals surface area contributed by atoms with Crippen LogP contribution < -0.4 is 11.2 Å². The molecule has 3 atom stereocenters. The van der Waals surface area contributed by atoms with Crippen molar-refractivity contribution in [1.29, 1.82) is 0 Å². The van der Waals surface area contributed by atoms with Crippen LogP contribution in [0.25, 0.3) is 0 Å². The molecular formula is C32H29FN2O7. The highest BCUT2D eigenvalue weighted by molar-refractivity contribution is 5.95. The third-order valence-corrected chi connectivity index (χ3v) is 6.97. The second kappa shape index (κ2) is 12.5. The zero-order valence-corrected chi connectivity index (χ0v) is 23.1. The lowest BCUT2D eigenvalue weighted by atomic mass is 10.1. The first-order valence-corrected chi connectivity index (χ1v) is 13.4. The fraction of sp³-hybridized carbons (Fsp3) is 0.250. The molecule has 10 heteroatoms. The van der Waals surface area contributed by atoms with Crippen LogP contribution in [0.4, 0.5) is 4.39 Å². The van der Waals surface area contributed by atoms with Crippen molar-refractivity contribution in [2.24, 2.45) is 0 Å². The molecular weight excluding hydrogens is 543 g/mol. The van der Waals surface area contributed by atoms with E-state index in [4.69, 9.17) is 14.2 Å². The Hall–Kier alpha value is -4.67. The highest BCUT2D eigenvalue weighted by atomic mass is 19.1. The van der Waals surface area contributed by atoms with Crippen LogP contribution in [0.5, 0.6) is 0 Å². The zero-order chi connectivity index (χ0) is 29.8. The van der Waals surface area contributed by atoms with Crippen molar-refractivity contribution in [3.8, 4) is 0 Å². The van der Waals surface area contributed by atoms with Gasteiger partial charge >= 0.3 is 11.7 Å². The first-order valence-electron chi connectivity index (χ1n) is 13.4. The van der Waals surface area contributed by atoms with Gasteiger partial charge in [-0.2, -0.15) is 8.96 Å². The van der Waals surface area contributed by atoms with Gasteiger partial charge in [0.1, 0.15) is 18.9 Å². The van der Waals surface area contributed by atoms with E-state index in [0.29, 0.717) is 5.56 Å². The van der Waals surface area contributed by atoms with Crippen LogP contribution in [-0.2, 0) is 20.8 Å². The van der Waals surface area contributed by atoms with Gasteiger partial charge in [-0.25, -0.2) is 9.59 Å². The summed E-state index contributed by atoms with van der Waals surface area (Å²) in [5.74, 6) is -2.82. The van der Waals surface area contributed by atoms with E-state index < -0.39 is 47.4 Å². The Morgan fingerprint density at radius 2 is 1.60 bits per heavy atom. The summed E-state index contributed by atoms with van der Waals surface area (Å²) in [7, 11) is 0. The Morgan fingerprint density at radius 1 is 0.929 bits per heavy atom. The predicted molar refractivity (Wildman–Crippen MR) is 151 cm³/mol. The number of halogens is 1. The van der Waals surface area contributed by atoms with Crippen molar-refractivity contribution in [3.63, 3.8) is 0 Å². The number of rotatable bonds is 8. The van der Waals surface area contributed by atoms with Gasteiger partial charge in [0, 0.05) is 12.0 Å². The SMILES string of the molecule is Cc1cccc(C(=O)OC[C@H]2O[C@@H](n3cc(F)c(=O)n(C(=O)c4cccc(C)c4)c3=O)C[C@@H]2OCc2ccccc2)c1. The van der Waals surface area contributed by atoms with Crippen molar-refractivity contribution in [3.05, 3.63) is 140 Å². The molecule has 0 N–H and O–H groups in total. The monoisotopic (exact) mass is 572 g/mol. The van der Waals surface area contributed by atoms with Gasteiger partial charge in [0.25, 0.3) is 11.5 Å². The van der Waals surface area contributed by atoms with Crippen LogP contribution in [0.2, 0.25) is 0 Å². The van der Waals surface area contributed by atoms with Gasteiger partial charge in [0.2, 0.25) is 5.82 Å². The molecule has 1 fully saturated rings. The van der Waals surface area contributed by atoms with Crippen molar-refractivity contribution < 1.29 is 28.2 Å². The molecule has 4 aromatic rings. The molecule has 42 heavy (non-hydrogen) atoms. The molecule has 9 nitrogen and oxygen atoms in total. The van der Waals surface area contributed by atoms with Crippen LogP contribution >= 0.6 is 0 Å². The number of carbonyl (C=O) groups excluding carboxylic acids is 2. The van der Waals surface area contributed by atoms with E-state index in [9.17, 15) is 23.6 Å². The molecule has 216 valence electrons. The first-order chi connectivity index (χ1) is 20.2. The highest BCUT2D eigenvalue weighted by Gasteiger charge is 2.39. The standard InChI is InChI=1S/C32H29FN2O7/c1-20-8-6-12-23(14-20)29(36)35-30(37)25(33)17-34(32(35)39)28-16-26(40-18-22-10-4-3-5-11-22)27(42-28)19-41-31(38)24-13-7-9-21(2)15-24/h3-15,17,26-28H,16,18-19H2,1-2H3/t26-,27+,28+/m0/s1. The number of esters is 1.